The number of rotatable bonds is 4. The van der Waals surface area contributed by atoms with Gasteiger partial charge in [-0.3, -0.25) is 0 Å². The SMILES string of the molecule is NCC1(CCCCl)CCC1. The quantitative estimate of drug-likeness (QED) is 0.629. The van der Waals surface area contributed by atoms with Crippen LogP contribution in [0.25, 0.3) is 0 Å². The highest BCUT2D eigenvalue weighted by Crippen LogP contribution is 2.43. The third-order valence-corrected chi connectivity index (χ3v) is 2.96. The van der Waals surface area contributed by atoms with Crippen molar-refractivity contribution in [3.8, 4) is 0 Å². The summed E-state index contributed by atoms with van der Waals surface area (Å²) >= 11 is 5.60. The average Bonchev–Trinajstić information content (AvgIpc) is 1.87. The fourth-order valence-electron chi connectivity index (χ4n) is 1.67. The summed E-state index contributed by atoms with van der Waals surface area (Å²) in [7, 11) is 0. The van der Waals surface area contributed by atoms with Gasteiger partial charge in [0.25, 0.3) is 0 Å². The molecule has 1 aliphatic rings. The summed E-state index contributed by atoms with van der Waals surface area (Å²) < 4.78 is 0. The molecule has 1 saturated carbocycles. The topological polar surface area (TPSA) is 26.0 Å². The summed E-state index contributed by atoms with van der Waals surface area (Å²) in [5, 5.41) is 0. The van der Waals surface area contributed by atoms with E-state index in [1.807, 2.05) is 0 Å². The molecule has 0 spiro atoms. The van der Waals surface area contributed by atoms with Crippen LogP contribution in [0.1, 0.15) is 32.1 Å². The average molecular weight is 162 g/mol. The Morgan fingerprint density at radius 1 is 1.40 bits per heavy atom. The van der Waals surface area contributed by atoms with Gasteiger partial charge in [0.15, 0.2) is 0 Å². The second-order valence-corrected chi connectivity index (χ2v) is 3.73. The van der Waals surface area contributed by atoms with Crippen molar-refractivity contribution in [2.75, 3.05) is 12.4 Å². The number of nitrogens with two attached hydrogens (primary N) is 1. The maximum absolute atomic E-state index is 5.67. The highest BCUT2D eigenvalue weighted by atomic mass is 35.5. The van der Waals surface area contributed by atoms with E-state index in [1.165, 1.54) is 25.7 Å². The summed E-state index contributed by atoms with van der Waals surface area (Å²) in [6.45, 7) is 0.865. The van der Waals surface area contributed by atoms with E-state index in [9.17, 15) is 0 Å². The van der Waals surface area contributed by atoms with Crippen molar-refractivity contribution in [1.29, 1.82) is 0 Å². The smallest absolute Gasteiger partial charge is 0.0223 e. The van der Waals surface area contributed by atoms with Gasteiger partial charge in [0.05, 0.1) is 0 Å². The fraction of sp³-hybridized carbons (Fsp3) is 1.00. The lowest BCUT2D eigenvalue weighted by molar-refractivity contribution is 0.130. The van der Waals surface area contributed by atoms with Crippen LogP contribution in [-0.2, 0) is 0 Å². The Morgan fingerprint density at radius 3 is 2.40 bits per heavy atom. The minimum absolute atomic E-state index is 0.509. The van der Waals surface area contributed by atoms with E-state index in [1.54, 1.807) is 0 Å². The molecule has 10 heavy (non-hydrogen) atoms. The lowest BCUT2D eigenvalue weighted by Crippen LogP contribution is -2.37. The molecule has 0 aromatic rings. The molecule has 0 heterocycles. The van der Waals surface area contributed by atoms with Crippen LogP contribution in [0.4, 0.5) is 0 Å². The summed E-state index contributed by atoms with van der Waals surface area (Å²) in [5.41, 5.74) is 6.18. The highest BCUT2D eigenvalue weighted by molar-refractivity contribution is 6.17. The van der Waals surface area contributed by atoms with Crippen LogP contribution >= 0.6 is 11.6 Å². The van der Waals surface area contributed by atoms with E-state index in [4.69, 9.17) is 17.3 Å². The van der Waals surface area contributed by atoms with Crippen LogP contribution < -0.4 is 5.73 Å². The van der Waals surface area contributed by atoms with Crippen LogP contribution in [0.15, 0.2) is 0 Å². The molecule has 0 aromatic heterocycles. The van der Waals surface area contributed by atoms with E-state index in [2.05, 4.69) is 0 Å². The van der Waals surface area contributed by atoms with Gasteiger partial charge in [-0.25, -0.2) is 0 Å². The van der Waals surface area contributed by atoms with Gasteiger partial charge in [0, 0.05) is 5.88 Å². The first-order valence-corrected chi connectivity index (χ1v) is 4.62. The molecular formula is C8H16ClN. The lowest BCUT2D eigenvalue weighted by atomic mass is 9.66. The molecule has 2 heteroatoms. The molecule has 0 bridgehead atoms. The van der Waals surface area contributed by atoms with Gasteiger partial charge >= 0.3 is 0 Å². The van der Waals surface area contributed by atoms with E-state index in [0.717, 1.165) is 18.8 Å². The van der Waals surface area contributed by atoms with Crippen molar-refractivity contribution in [3.63, 3.8) is 0 Å². The van der Waals surface area contributed by atoms with Crippen molar-refractivity contribution in [2.45, 2.75) is 32.1 Å². The third-order valence-electron chi connectivity index (χ3n) is 2.69. The van der Waals surface area contributed by atoms with Gasteiger partial charge < -0.3 is 5.73 Å². The number of hydrogen-bond donors (Lipinski definition) is 1. The van der Waals surface area contributed by atoms with Gasteiger partial charge in [0.2, 0.25) is 0 Å². The minimum atomic E-state index is 0.509. The molecule has 0 aliphatic heterocycles. The third kappa shape index (κ3) is 1.64. The van der Waals surface area contributed by atoms with Crippen molar-refractivity contribution in [1.82, 2.24) is 0 Å². The fourth-order valence-corrected chi connectivity index (χ4v) is 1.81. The summed E-state index contributed by atoms with van der Waals surface area (Å²) in [6.07, 6.45) is 6.42. The van der Waals surface area contributed by atoms with Gasteiger partial charge in [-0.15, -0.1) is 11.6 Å². The molecule has 2 N–H and O–H groups in total. The van der Waals surface area contributed by atoms with E-state index < -0.39 is 0 Å². The van der Waals surface area contributed by atoms with Gasteiger partial charge in [-0.1, -0.05) is 6.42 Å². The number of alkyl halides is 1. The molecule has 0 saturated heterocycles. The molecule has 1 aliphatic carbocycles. The van der Waals surface area contributed by atoms with Crippen molar-refractivity contribution < 1.29 is 0 Å². The molecule has 0 unspecified atom stereocenters. The Morgan fingerprint density at radius 2 is 2.10 bits per heavy atom. The normalized spacial score (nSPS) is 22.2. The molecule has 60 valence electrons. The monoisotopic (exact) mass is 161 g/mol. The second kappa shape index (κ2) is 3.59. The van der Waals surface area contributed by atoms with Crippen LogP contribution in [0.2, 0.25) is 0 Å². The van der Waals surface area contributed by atoms with E-state index >= 15 is 0 Å². The molecule has 0 amide bonds. The van der Waals surface area contributed by atoms with Crippen molar-refractivity contribution >= 4 is 11.6 Å². The zero-order valence-corrected chi connectivity index (χ0v) is 7.16. The summed E-state index contributed by atoms with van der Waals surface area (Å²) in [5.74, 6) is 0.793. The van der Waals surface area contributed by atoms with Crippen LogP contribution in [0, 0.1) is 5.41 Å². The lowest BCUT2D eigenvalue weighted by Gasteiger charge is -2.41. The van der Waals surface area contributed by atoms with Crippen LogP contribution in [0.5, 0.6) is 0 Å². The van der Waals surface area contributed by atoms with Crippen LogP contribution in [0.3, 0.4) is 0 Å². The highest BCUT2D eigenvalue weighted by Gasteiger charge is 2.34. The minimum Gasteiger partial charge on any atom is -0.330 e. The first-order valence-electron chi connectivity index (χ1n) is 4.09. The van der Waals surface area contributed by atoms with Gasteiger partial charge in [0.1, 0.15) is 0 Å². The maximum Gasteiger partial charge on any atom is 0.0223 e. The Hall–Kier alpha value is 0.250. The Kier molecular flexibility index (Phi) is 2.99. The first-order chi connectivity index (χ1) is 4.83. The summed E-state index contributed by atoms with van der Waals surface area (Å²) in [6, 6.07) is 0. The van der Waals surface area contributed by atoms with Gasteiger partial charge in [-0.2, -0.15) is 0 Å². The van der Waals surface area contributed by atoms with Crippen LogP contribution in [-0.4, -0.2) is 12.4 Å². The molecule has 1 fully saturated rings. The first kappa shape index (κ1) is 8.35. The second-order valence-electron chi connectivity index (χ2n) is 3.35. The maximum atomic E-state index is 5.67. The Balaban J connectivity index is 2.20. The standard InChI is InChI=1S/C8H16ClN/c9-6-2-5-8(7-10)3-1-4-8/h1-7,10H2. The van der Waals surface area contributed by atoms with E-state index in [0.29, 0.717) is 5.41 Å². The predicted octanol–water partition coefficient (Wildman–Crippen LogP) is 2.13. The predicted molar refractivity (Wildman–Crippen MR) is 45.3 cm³/mol. The molecule has 0 radical (unpaired) electrons. The molecule has 1 nitrogen and oxygen atoms in total. The van der Waals surface area contributed by atoms with E-state index in [-0.39, 0.29) is 0 Å². The zero-order chi connectivity index (χ0) is 7.45. The number of hydrogen-bond acceptors (Lipinski definition) is 1. The molecule has 0 aromatic carbocycles. The Bertz CT molecular complexity index is 93.9. The number of halogens is 1. The van der Waals surface area contributed by atoms with Crippen molar-refractivity contribution in [2.24, 2.45) is 11.1 Å². The molecular weight excluding hydrogens is 146 g/mol. The van der Waals surface area contributed by atoms with Crippen molar-refractivity contribution in [3.05, 3.63) is 0 Å². The molecule has 1 rings (SSSR count). The largest absolute Gasteiger partial charge is 0.330 e. The Labute approximate surface area is 67.9 Å². The summed E-state index contributed by atoms with van der Waals surface area (Å²) in [4.78, 5) is 0. The van der Waals surface area contributed by atoms with Gasteiger partial charge in [-0.05, 0) is 37.6 Å². The zero-order valence-electron chi connectivity index (χ0n) is 6.41. The molecule has 0 atom stereocenters.